The zero-order valence-electron chi connectivity index (χ0n) is 10.2. The molecule has 96 valence electrons. The Balaban J connectivity index is 2.03. The molecule has 0 saturated heterocycles. The van der Waals surface area contributed by atoms with Crippen LogP contribution in [0.4, 0.5) is 0 Å². The molecule has 0 aromatic carbocycles. The van der Waals surface area contributed by atoms with Crippen molar-refractivity contribution in [3.05, 3.63) is 10.1 Å². The molecule has 3 atom stereocenters. The first-order valence-electron chi connectivity index (χ1n) is 6.35. The number of ether oxygens (including phenoxy) is 1. The van der Waals surface area contributed by atoms with E-state index in [0.29, 0.717) is 18.4 Å². The van der Waals surface area contributed by atoms with E-state index in [2.05, 4.69) is 0 Å². The molecule has 2 saturated carbocycles. The summed E-state index contributed by atoms with van der Waals surface area (Å²) < 4.78 is 4.94. The van der Waals surface area contributed by atoms with Gasteiger partial charge < -0.3 is 4.74 Å². The van der Waals surface area contributed by atoms with Crippen molar-refractivity contribution in [2.75, 3.05) is 13.2 Å². The first kappa shape index (κ1) is 12.3. The maximum absolute atomic E-state index is 11.6. The molecule has 2 rings (SSSR count). The first-order chi connectivity index (χ1) is 8.07. The summed E-state index contributed by atoms with van der Waals surface area (Å²) in [5.74, 6) is 0.710. The fourth-order valence-corrected chi connectivity index (χ4v) is 3.80. The van der Waals surface area contributed by atoms with Gasteiger partial charge in [0.1, 0.15) is 0 Å². The lowest BCUT2D eigenvalue weighted by Crippen LogP contribution is -2.51. The fourth-order valence-electron chi connectivity index (χ4n) is 3.80. The van der Waals surface area contributed by atoms with Crippen molar-refractivity contribution in [3.63, 3.8) is 0 Å². The molecular formula is C12H19NO4. The van der Waals surface area contributed by atoms with Crippen LogP contribution in [0.15, 0.2) is 0 Å². The van der Waals surface area contributed by atoms with Gasteiger partial charge in [0.2, 0.25) is 6.54 Å². The van der Waals surface area contributed by atoms with Crippen molar-refractivity contribution in [1.29, 1.82) is 0 Å². The monoisotopic (exact) mass is 241 g/mol. The minimum absolute atomic E-state index is 0.0764. The van der Waals surface area contributed by atoms with Crippen molar-refractivity contribution < 1.29 is 14.5 Å². The SMILES string of the molecule is CCOC(=O)C[C@@]1(C[N+](=O)[O-])CC2CCCC21. The van der Waals surface area contributed by atoms with Gasteiger partial charge in [-0.2, -0.15) is 0 Å². The smallest absolute Gasteiger partial charge is 0.306 e. The zero-order chi connectivity index (χ0) is 12.5. The molecule has 0 heterocycles. The number of carbonyl (C=O) groups is 1. The highest BCUT2D eigenvalue weighted by molar-refractivity contribution is 5.70. The van der Waals surface area contributed by atoms with E-state index in [0.717, 1.165) is 19.3 Å². The van der Waals surface area contributed by atoms with Crippen molar-refractivity contribution in [2.45, 2.75) is 39.0 Å². The van der Waals surface area contributed by atoms with Gasteiger partial charge in [-0.05, 0) is 31.6 Å². The summed E-state index contributed by atoms with van der Waals surface area (Å²) in [6, 6.07) is 0. The lowest BCUT2D eigenvalue weighted by molar-refractivity contribution is -0.506. The van der Waals surface area contributed by atoms with Gasteiger partial charge in [-0.15, -0.1) is 0 Å². The number of esters is 1. The molecule has 2 unspecified atom stereocenters. The Morgan fingerprint density at radius 1 is 1.53 bits per heavy atom. The second kappa shape index (κ2) is 4.63. The second-order valence-corrected chi connectivity index (χ2v) is 5.34. The van der Waals surface area contributed by atoms with E-state index in [9.17, 15) is 14.9 Å². The Morgan fingerprint density at radius 2 is 2.29 bits per heavy atom. The van der Waals surface area contributed by atoms with E-state index in [1.807, 2.05) is 0 Å². The quantitative estimate of drug-likeness (QED) is 0.419. The Morgan fingerprint density at radius 3 is 2.88 bits per heavy atom. The summed E-state index contributed by atoms with van der Waals surface area (Å²) in [7, 11) is 0. The Hall–Kier alpha value is -1.13. The first-order valence-corrected chi connectivity index (χ1v) is 6.35. The normalized spacial score (nSPS) is 34.9. The van der Waals surface area contributed by atoms with Gasteiger partial charge in [0.25, 0.3) is 0 Å². The fraction of sp³-hybridized carbons (Fsp3) is 0.917. The maximum atomic E-state index is 11.6. The summed E-state index contributed by atoms with van der Waals surface area (Å²) in [6.45, 7) is 2.03. The Labute approximate surface area is 101 Å². The third-order valence-electron chi connectivity index (χ3n) is 4.36. The van der Waals surface area contributed by atoms with Gasteiger partial charge in [-0.1, -0.05) is 12.8 Å². The summed E-state index contributed by atoms with van der Waals surface area (Å²) in [5.41, 5.74) is -0.406. The predicted octanol–water partition coefficient (Wildman–Crippen LogP) is 2.02. The molecule has 0 bridgehead atoms. The molecule has 0 amide bonds. The number of rotatable bonds is 5. The highest BCUT2D eigenvalue weighted by Gasteiger charge is 2.59. The van der Waals surface area contributed by atoms with Crippen LogP contribution in [0.3, 0.4) is 0 Å². The highest BCUT2D eigenvalue weighted by Crippen LogP contribution is 2.60. The van der Waals surface area contributed by atoms with E-state index in [1.54, 1.807) is 6.92 Å². The van der Waals surface area contributed by atoms with Gasteiger partial charge in [-0.25, -0.2) is 0 Å². The third-order valence-corrected chi connectivity index (χ3v) is 4.36. The van der Waals surface area contributed by atoms with E-state index < -0.39 is 5.41 Å². The molecule has 2 aliphatic carbocycles. The molecule has 5 nitrogen and oxygen atoms in total. The van der Waals surface area contributed by atoms with Crippen LogP contribution in [0, 0.1) is 27.4 Å². The molecule has 0 N–H and O–H groups in total. The van der Waals surface area contributed by atoms with Crippen LogP contribution in [0.25, 0.3) is 0 Å². The molecule has 0 aromatic heterocycles. The molecule has 0 spiro atoms. The Kier molecular flexibility index (Phi) is 3.35. The molecule has 2 aliphatic rings. The largest absolute Gasteiger partial charge is 0.466 e. The van der Waals surface area contributed by atoms with Crippen LogP contribution in [0.2, 0.25) is 0 Å². The summed E-state index contributed by atoms with van der Waals surface area (Å²) in [4.78, 5) is 22.1. The van der Waals surface area contributed by atoms with Crippen LogP contribution in [0.5, 0.6) is 0 Å². The summed E-state index contributed by atoms with van der Waals surface area (Å²) in [5, 5.41) is 10.8. The molecular weight excluding hydrogens is 222 g/mol. The molecule has 0 aromatic rings. The van der Waals surface area contributed by atoms with Crippen molar-refractivity contribution in [1.82, 2.24) is 0 Å². The highest BCUT2D eigenvalue weighted by atomic mass is 16.6. The second-order valence-electron chi connectivity index (χ2n) is 5.34. The lowest BCUT2D eigenvalue weighted by Gasteiger charge is -2.49. The van der Waals surface area contributed by atoms with Crippen molar-refractivity contribution in [3.8, 4) is 0 Å². The van der Waals surface area contributed by atoms with Gasteiger partial charge in [0.15, 0.2) is 0 Å². The van der Waals surface area contributed by atoms with E-state index in [4.69, 9.17) is 4.74 Å². The van der Waals surface area contributed by atoms with Crippen molar-refractivity contribution >= 4 is 5.97 Å². The minimum Gasteiger partial charge on any atom is -0.466 e. The van der Waals surface area contributed by atoms with Crippen LogP contribution in [0.1, 0.15) is 39.0 Å². The number of nitrogens with zero attached hydrogens (tertiary/aromatic N) is 1. The van der Waals surface area contributed by atoms with Gasteiger partial charge in [0, 0.05) is 10.3 Å². The number of hydrogen-bond donors (Lipinski definition) is 0. The average Bonchev–Trinajstić information content (AvgIpc) is 2.59. The number of hydrogen-bond acceptors (Lipinski definition) is 4. The van der Waals surface area contributed by atoms with Crippen LogP contribution >= 0.6 is 0 Å². The number of nitro groups is 1. The minimum atomic E-state index is -0.406. The molecule has 5 heteroatoms. The van der Waals surface area contributed by atoms with E-state index in [-0.39, 0.29) is 23.9 Å². The molecule has 0 radical (unpaired) electrons. The topological polar surface area (TPSA) is 69.4 Å². The standard InChI is InChI=1S/C12H19NO4/c1-2-17-11(14)7-12(8-13(15)16)6-9-4-3-5-10(9)12/h9-10H,2-8H2,1H3/t9?,10?,12-/m1/s1. The van der Waals surface area contributed by atoms with Crippen LogP contribution in [-0.4, -0.2) is 24.0 Å². The number of carbonyl (C=O) groups excluding carboxylic acids is 1. The van der Waals surface area contributed by atoms with E-state index in [1.165, 1.54) is 6.42 Å². The van der Waals surface area contributed by atoms with Crippen LogP contribution in [-0.2, 0) is 9.53 Å². The molecule has 2 fully saturated rings. The number of fused-ring (bicyclic) bond motifs is 1. The van der Waals surface area contributed by atoms with Gasteiger partial charge in [0.05, 0.1) is 13.0 Å². The Bertz CT molecular complexity index is 330. The zero-order valence-corrected chi connectivity index (χ0v) is 10.2. The maximum Gasteiger partial charge on any atom is 0.306 e. The van der Waals surface area contributed by atoms with Gasteiger partial charge in [-0.3, -0.25) is 14.9 Å². The van der Waals surface area contributed by atoms with Crippen molar-refractivity contribution in [2.24, 2.45) is 17.3 Å². The summed E-state index contributed by atoms with van der Waals surface area (Å²) in [6.07, 6.45) is 4.42. The average molecular weight is 241 g/mol. The molecule has 17 heavy (non-hydrogen) atoms. The molecule has 0 aliphatic heterocycles. The lowest BCUT2D eigenvalue weighted by atomic mass is 9.53. The summed E-state index contributed by atoms with van der Waals surface area (Å²) >= 11 is 0. The third kappa shape index (κ3) is 2.28. The van der Waals surface area contributed by atoms with Gasteiger partial charge >= 0.3 is 5.97 Å². The van der Waals surface area contributed by atoms with Crippen LogP contribution < -0.4 is 0 Å². The predicted molar refractivity (Wildman–Crippen MR) is 61.0 cm³/mol. The van der Waals surface area contributed by atoms with E-state index >= 15 is 0 Å².